The molecule has 6 heteroatoms. The average molecular weight is 400 g/mol. The third kappa shape index (κ3) is 4.62. The Morgan fingerprint density at radius 2 is 2.32 bits per heavy atom. The molecule has 28 heavy (non-hydrogen) atoms. The highest BCUT2D eigenvalue weighted by atomic mass is 32.1. The lowest BCUT2D eigenvalue weighted by molar-refractivity contribution is 0.0169. The Hall–Kier alpha value is -1.76. The van der Waals surface area contributed by atoms with Crippen LogP contribution in [0, 0.1) is 0 Å². The van der Waals surface area contributed by atoms with Gasteiger partial charge in [-0.2, -0.15) is 0 Å². The number of thiophene rings is 1. The molecular weight excluding hydrogens is 370 g/mol. The van der Waals surface area contributed by atoms with Crippen LogP contribution in [0.3, 0.4) is 0 Å². The number of hydrogen-bond donors (Lipinski definition) is 1. The number of aromatic nitrogens is 1. The Bertz CT molecular complexity index is 797. The molecule has 2 aliphatic rings. The number of ether oxygens (including phenoxy) is 1. The van der Waals surface area contributed by atoms with Gasteiger partial charge in [-0.3, -0.25) is 14.7 Å². The van der Waals surface area contributed by atoms with Crippen molar-refractivity contribution in [3.05, 3.63) is 51.0 Å². The largest absolute Gasteiger partial charge is 0.376 e. The maximum atomic E-state index is 12.7. The summed E-state index contributed by atoms with van der Waals surface area (Å²) < 4.78 is 5.72. The van der Waals surface area contributed by atoms with Gasteiger partial charge in [0, 0.05) is 49.2 Å². The van der Waals surface area contributed by atoms with Crippen molar-refractivity contribution in [2.75, 3.05) is 19.7 Å². The van der Waals surface area contributed by atoms with Gasteiger partial charge in [0.1, 0.15) is 0 Å². The molecule has 0 saturated carbocycles. The monoisotopic (exact) mass is 399 g/mol. The summed E-state index contributed by atoms with van der Waals surface area (Å²) in [6.45, 7) is 6.32. The lowest BCUT2D eigenvalue weighted by atomic mass is 10.0. The van der Waals surface area contributed by atoms with Crippen LogP contribution in [0.1, 0.15) is 58.2 Å². The summed E-state index contributed by atoms with van der Waals surface area (Å²) in [5.74, 6) is 0.0527. The first-order valence-electron chi connectivity index (χ1n) is 10.4. The van der Waals surface area contributed by atoms with Gasteiger partial charge in [-0.1, -0.05) is 13.0 Å². The molecule has 0 aliphatic carbocycles. The molecule has 4 rings (SSSR count). The van der Waals surface area contributed by atoms with Crippen LogP contribution < -0.4 is 5.32 Å². The molecule has 5 nitrogen and oxygen atoms in total. The number of carbonyl (C=O) groups excluding carboxylic acids is 1. The molecule has 1 saturated heterocycles. The number of hydrogen-bond acceptors (Lipinski definition) is 5. The number of nitrogens with one attached hydrogen (secondary N) is 1. The molecule has 0 unspecified atom stereocenters. The average Bonchev–Trinajstić information content (AvgIpc) is 3.17. The van der Waals surface area contributed by atoms with E-state index in [-0.39, 0.29) is 12.0 Å². The lowest BCUT2D eigenvalue weighted by Crippen LogP contribution is -2.36. The van der Waals surface area contributed by atoms with Crippen LogP contribution >= 0.6 is 11.3 Å². The third-order valence-corrected chi connectivity index (χ3v) is 6.73. The van der Waals surface area contributed by atoms with Gasteiger partial charge in [0.25, 0.3) is 5.91 Å². The molecule has 0 aromatic carbocycles. The van der Waals surface area contributed by atoms with Gasteiger partial charge in [-0.25, -0.2) is 0 Å². The second kappa shape index (κ2) is 9.16. The van der Waals surface area contributed by atoms with Gasteiger partial charge >= 0.3 is 0 Å². The highest BCUT2D eigenvalue weighted by Crippen LogP contribution is 2.29. The van der Waals surface area contributed by atoms with Crippen molar-refractivity contribution in [1.82, 2.24) is 15.2 Å². The van der Waals surface area contributed by atoms with Crippen LogP contribution in [0.2, 0.25) is 0 Å². The van der Waals surface area contributed by atoms with Gasteiger partial charge in [0.15, 0.2) is 0 Å². The summed E-state index contributed by atoms with van der Waals surface area (Å²) >= 11 is 1.71. The molecular formula is C22H29N3O2S. The quantitative estimate of drug-likeness (QED) is 0.807. The molecule has 0 radical (unpaired) electrons. The van der Waals surface area contributed by atoms with Gasteiger partial charge in [0.05, 0.1) is 17.4 Å². The van der Waals surface area contributed by atoms with Crippen molar-refractivity contribution in [2.45, 2.75) is 58.2 Å². The van der Waals surface area contributed by atoms with Crippen LogP contribution in [-0.2, 0) is 30.7 Å². The van der Waals surface area contributed by atoms with E-state index in [1.165, 1.54) is 22.4 Å². The lowest BCUT2D eigenvalue weighted by Gasteiger charge is -2.27. The van der Waals surface area contributed by atoms with Crippen molar-refractivity contribution in [3.63, 3.8) is 0 Å². The minimum Gasteiger partial charge on any atom is -0.376 e. The van der Waals surface area contributed by atoms with Crippen LogP contribution in [0.4, 0.5) is 0 Å². The SMILES string of the molecule is CCc1ccc(CN2CCc3c(C(=O)NC[C@H]4CCCCO4)csc3C2)nc1. The molecule has 150 valence electrons. The standard InChI is InChI=1S/C22H29N3O2S/c1-2-16-6-7-17(23-11-16)13-25-9-8-19-20(15-28-21(19)14-25)22(26)24-12-18-5-3-4-10-27-18/h6-7,11,15,18H,2-5,8-10,12-14H2,1H3,(H,24,26)/t18-/m1/s1. The summed E-state index contributed by atoms with van der Waals surface area (Å²) in [6.07, 6.45) is 7.48. The topological polar surface area (TPSA) is 54.5 Å². The van der Waals surface area contributed by atoms with E-state index >= 15 is 0 Å². The van der Waals surface area contributed by atoms with E-state index in [2.05, 4.69) is 34.3 Å². The molecule has 1 atom stereocenters. The van der Waals surface area contributed by atoms with Crippen molar-refractivity contribution < 1.29 is 9.53 Å². The van der Waals surface area contributed by atoms with E-state index in [1.807, 2.05) is 11.6 Å². The maximum Gasteiger partial charge on any atom is 0.252 e. The zero-order valence-electron chi connectivity index (χ0n) is 16.6. The van der Waals surface area contributed by atoms with E-state index in [4.69, 9.17) is 4.74 Å². The number of rotatable bonds is 6. The van der Waals surface area contributed by atoms with Crippen molar-refractivity contribution in [3.8, 4) is 0 Å². The fourth-order valence-electron chi connectivity index (χ4n) is 3.96. The number of pyridine rings is 1. The molecule has 2 aromatic heterocycles. The predicted octanol–water partition coefficient (Wildman–Crippen LogP) is 3.56. The summed E-state index contributed by atoms with van der Waals surface area (Å²) in [5, 5.41) is 5.11. The Morgan fingerprint density at radius 1 is 1.39 bits per heavy atom. The smallest absolute Gasteiger partial charge is 0.252 e. The van der Waals surface area contributed by atoms with E-state index < -0.39 is 0 Å². The third-order valence-electron chi connectivity index (χ3n) is 5.71. The summed E-state index contributed by atoms with van der Waals surface area (Å²) in [5.41, 5.74) is 4.48. The Morgan fingerprint density at radius 3 is 3.07 bits per heavy atom. The first-order chi connectivity index (χ1) is 13.7. The number of carbonyl (C=O) groups is 1. The summed E-state index contributed by atoms with van der Waals surface area (Å²) in [7, 11) is 0. The van der Waals surface area contributed by atoms with Crippen molar-refractivity contribution in [1.29, 1.82) is 0 Å². The molecule has 2 aromatic rings. The maximum absolute atomic E-state index is 12.7. The van der Waals surface area contributed by atoms with Crippen molar-refractivity contribution in [2.24, 2.45) is 0 Å². The first-order valence-corrected chi connectivity index (χ1v) is 11.3. The normalized spacial score (nSPS) is 20.0. The number of aryl methyl sites for hydroxylation is 1. The minimum absolute atomic E-state index is 0.0527. The van der Waals surface area contributed by atoms with Crippen LogP contribution in [0.5, 0.6) is 0 Å². The van der Waals surface area contributed by atoms with Gasteiger partial charge in [-0.15, -0.1) is 11.3 Å². The van der Waals surface area contributed by atoms with E-state index in [0.717, 1.165) is 63.2 Å². The Balaban J connectivity index is 1.33. The fourth-order valence-corrected chi connectivity index (χ4v) is 5.08. The van der Waals surface area contributed by atoms with Gasteiger partial charge in [0.2, 0.25) is 0 Å². The molecule has 0 bridgehead atoms. The molecule has 0 spiro atoms. The second-order valence-electron chi connectivity index (χ2n) is 7.72. The molecule has 4 heterocycles. The van der Waals surface area contributed by atoms with E-state index in [9.17, 15) is 4.79 Å². The Labute approximate surface area is 171 Å². The zero-order chi connectivity index (χ0) is 19.3. The van der Waals surface area contributed by atoms with Crippen molar-refractivity contribution >= 4 is 17.2 Å². The number of fused-ring (bicyclic) bond motifs is 1. The molecule has 1 N–H and O–H groups in total. The second-order valence-corrected chi connectivity index (χ2v) is 8.69. The zero-order valence-corrected chi connectivity index (χ0v) is 17.4. The molecule has 2 aliphatic heterocycles. The summed E-state index contributed by atoms with van der Waals surface area (Å²) in [4.78, 5) is 21.0. The number of amides is 1. The van der Waals surface area contributed by atoms with Crippen LogP contribution in [-0.4, -0.2) is 41.6 Å². The van der Waals surface area contributed by atoms with E-state index in [0.29, 0.717) is 6.54 Å². The number of nitrogens with zero attached hydrogens (tertiary/aromatic N) is 2. The summed E-state index contributed by atoms with van der Waals surface area (Å²) in [6, 6.07) is 4.30. The van der Waals surface area contributed by atoms with Gasteiger partial charge in [-0.05, 0) is 49.3 Å². The molecule has 1 amide bonds. The van der Waals surface area contributed by atoms with Crippen LogP contribution in [0.25, 0.3) is 0 Å². The highest BCUT2D eigenvalue weighted by Gasteiger charge is 2.24. The first kappa shape index (κ1) is 19.6. The Kier molecular flexibility index (Phi) is 6.40. The minimum atomic E-state index is 0.0527. The van der Waals surface area contributed by atoms with E-state index in [1.54, 1.807) is 11.3 Å². The predicted molar refractivity (Wildman–Crippen MR) is 112 cm³/mol. The van der Waals surface area contributed by atoms with Gasteiger partial charge < -0.3 is 10.1 Å². The highest BCUT2D eigenvalue weighted by molar-refractivity contribution is 7.10. The van der Waals surface area contributed by atoms with Crippen LogP contribution in [0.15, 0.2) is 23.7 Å². The molecule has 1 fully saturated rings. The fraction of sp³-hybridized carbons (Fsp3) is 0.545.